The molecule has 1 amide bonds. The predicted molar refractivity (Wildman–Crippen MR) is 130 cm³/mol. The van der Waals surface area contributed by atoms with Gasteiger partial charge < -0.3 is 14.6 Å². The first-order valence-electron chi connectivity index (χ1n) is 12.1. The van der Waals surface area contributed by atoms with Crippen molar-refractivity contribution in [1.29, 1.82) is 0 Å². The van der Waals surface area contributed by atoms with Crippen LogP contribution in [0.4, 0.5) is 0 Å². The molecule has 3 aliphatic rings. The molecule has 0 radical (unpaired) electrons. The number of Topliss-reactive ketones (excluding diaryl/α,β-unsaturated/α-hetero) is 1. The molecule has 3 aromatic rings. The van der Waals surface area contributed by atoms with E-state index in [2.05, 4.69) is 30.1 Å². The Morgan fingerprint density at radius 1 is 1.09 bits per heavy atom. The van der Waals surface area contributed by atoms with Gasteiger partial charge >= 0.3 is 0 Å². The zero-order valence-corrected chi connectivity index (χ0v) is 19.5. The van der Waals surface area contributed by atoms with Gasteiger partial charge in [-0.2, -0.15) is 0 Å². The fourth-order valence-electron chi connectivity index (χ4n) is 5.37. The van der Waals surface area contributed by atoms with Gasteiger partial charge in [-0.15, -0.1) is 0 Å². The maximum absolute atomic E-state index is 13.0. The summed E-state index contributed by atoms with van der Waals surface area (Å²) in [6.07, 6.45) is 3.35. The number of nitrogens with zero attached hydrogens (tertiary/aromatic N) is 1. The van der Waals surface area contributed by atoms with E-state index in [1.165, 1.54) is 0 Å². The summed E-state index contributed by atoms with van der Waals surface area (Å²) in [4.78, 5) is 27.7. The van der Waals surface area contributed by atoms with Crippen LogP contribution in [-0.4, -0.2) is 42.3 Å². The van der Waals surface area contributed by atoms with E-state index in [1.807, 2.05) is 42.5 Å². The van der Waals surface area contributed by atoms with E-state index in [-0.39, 0.29) is 17.7 Å². The van der Waals surface area contributed by atoms with E-state index in [0.717, 1.165) is 54.6 Å². The minimum Gasteiger partial charge on any atom is -0.450 e. The van der Waals surface area contributed by atoms with Crippen LogP contribution in [0.25, 0.3) is 22.1 Å². The molecule has 1 aromatic heterocycles. The largest absolute Gasteiger partial charge is 0.450 e. The molecule has 6 rings (SSSR count). The third kappa shape index (κ3) is 4.74. The minimum atomic E-state index is -0.135. The number of hydrogen-bond donors (Lipinski definition) is 1. The standard InChI is InChI=1S/C28H32N2O3/c1-18(2)13-23(31)15-19-5-3-6-21(14-19)24-8-4-7-22-16-26(33-27(22)24)28(32)29-25-17-30-11-9-20(25)10-12-30/h3-8,14,16,18,20,25H,9-13,15,17H2,1-2H3,(H,29,32)/t25-/m0/s1. The van der Waals surface area contributed by atoms with Crippen LogP contribution in [0.5, 0.6) is 0 Å². The average molecular weight is 445 g/mol. The molecule has 0 aliphatic carbocycles. The number of hydrogen-bond acceptors (Lipinski definition) is 4. The van der Waals surface area contributed by atoms with Crippen molar-refractivity contribution in [1.82, 2.24) is 10.2 Å². The van der Waals surface area contributed by atoms with Crippen LogP contribution in [0.2, 0.25) is 0 Å². The number of fused-ring (bicyclic) bond motifs is 4. The molecule has 4 heterocycles. The molecule has 33 heavy (non-hydrogen) atoms. The molecular formula is C28H32N2O3. The molecule has 3 aliphatic heterocycles. The fourth-order valence-corrected chi connectivity index (χ4v) is 5.37. The van der Waals surface area contributed by atoms with Crippen molar-refractivity contribution in [2.24, 2.45) is 11.8 Å². The summed E-state index contributed by atoms with van der Waals surface area (Å²) in [6.45, 7) is 7.36. The van der Waals surface area contributed by atoms with Crippen molar-refractivity contribution >= 4 is 22.7 Å². The molecular weight excluding hydrogens is 412 g/mol. The number of piperidine rings is 3. The zero-order valence-electron chi connectivity index (χ0n) is 19.5. The fraction of sp³-hybridized carbons (Fsp3) is 0.429. The van der Waals surface area contributed by atoms with E-state index in [0.29, 0.717) is 36.0 Å². The van der Waals surface area contributed by atoms with Crippen LogP contribution in [0.15, 0.2) is 52.9 Å². The summed E-state index contributed by atoms with van der Waals surface area (Å²) in [7, 11) is 0. The summed E-state index contributed by atoms with van der Waals surface area (Å²) < 4.78 is 6.12. The van der Waals surface area contributed by atoms with Crippen LogP contribution in [0.3, 0.4) is 0 Å². The molecule has 3 saturated heterocycles. The second kappa shape index (κ2) is 9.14. The number of furan rings is 1. The second-order valence-electron chi connectivity index (χ2n) is 10.1. The van der Waals surface area contributed by atoms with Gasteiger partial charge in [-0.25, -0.2) is 0 Å². The third-order valence-electron chi connectivity index (χ3n) is 7.02. The Bertz CT molecular complexity index is 1170. The van der Waals surface area contributed by atoms with Crippen LogP contribution in [0.1, 0.15) is 49.2 Å². The molecule has 1 atom stereocenters. The topological polar surface area (TPSA) is 62.6 Å². The van der Waals surface area contributed by atoms with Crippen LogP contribution < -0.4 is 5.32 Å². The maximum Gasteiger partial charge on any atom is 0.287 e. The molecule has 3 fully saturated rings. The van der Waals surface area contributed by atoms with Crippen LogP contribution in [-0.2, 0) is 11.2 Å². The van der Waals surface area contributed by atoms with E-state index < -0.39 is 0 Å². The minimum absolute atomic E-state index is 0.135. The molecule has 1 N–H and O–H groups in total. The Hall–Kier alpha value is -2.92. The first-order chi connectivity index (χ1) is 16.0. The number of rotatable bonds is 7. The highest BCUT2D eigenvalue weighted by molar-refractivity contribution is 6.00. The normalized spacial score (nSPS) is 22.1. The van der Waals surface area contributed by atoms with Crippen molar-refractivity contribution in [3.63, 3.8) is 0 Å². The summed E-state index contributed by atoms with van der Waals surface area (Å²) in [5.74, 6) is 1.41. The lowest BCUT2D eigenvalue weighted by Gasteiger charge is -2.44. The highest BCUT2D eigenvalue weighted by atomic mass is 16.3. The number of para-hydroxylation sites is 1. The lowest BCUT2D eigenvalue weighted by molar-refractivity contribution is -0.119. The number of ketones is 1. The van der Waals surface area contributed by atoms with Gasteiger partial charge in [0.2, 0.25) is 0 Å². The summed E-state index contributed by atoms with van der Waals surface area (Å²) in [5.41, 5.74) is 3.64. The third-order valence-corrected chi connectivity index (χ3v) is 7.02. The Kier molecular flexibility index (Phi) is 6.07. The van der Waals surface area contributed by atoms with Gasteiger partial charge in [-0.3, -0.25) is 9.59 Å². The smallest absolute Gasteiger partial charge is 0.287 e. The number of amides is 1. The van der Waals surface area contributed by atoms with E-state index in [1.54, 1.807) is 0 Å². The monoisotopic (exact) mass is 444 g/mol. The van der Waals surface area contributed by atoms with Crippen molar-refractivity contribution in [3.05, 3.63) is 59.9 Å². The zero-order chi connectivity index (χ0) is 22.9. The van der Waals surface area contributed by atoms with Crippen molar-refractivity contribution in [3.8, 4) is 11.1 Å². The molecule has 172 valence electrons. The van der Waals surface area contributed by atoms with Gasteiger partial charge in [0.25, 0.3) is 5.91 Å². The summed E-state index contributed by atoms with van der Waals surface area (Å²) in [5, 5.41) is 4.13. The van der Waals surface area contributed by atoms with Gasteiger partial charge in [-0.1, -0.05) is 56.3 Å². The molecule has 2 aromatic carbocycles. The van der Waals surface area contributed by atoms with Gasteiger partial charge in [0.15, 0.2) is 5.76 Å². The van der Waals surface area contributed by atoms with Crippen molar-refractivity contribution < 1.29 is 14.0 Å². The molecule has 5 nitrogen and oxygen atoms in total. The number of carbonyl (C=O) groups excluding carboxylic acids is 2. The van der Waals surface area contributed by atoms with Crippen LogP contribution in [0, 0.1) is 11.8 Å². The van der Waals surface area contributed by atoms with Crippen molar-refractivity contribution in [2.75, 3.05) is 19.6 Å². The predicted octanol–water partition coefficient (Wildman–Crippen LogP) is 5.08. The number of carbonyl (C=O) groups is 2. The number of benzene rings is 2. The van der Waals surface area contributed by atoms with Gasteiger partial charge in [-0.05, 0) is 55.0 Å². The maximum atomic E-state index is 13.0. The first kappa shape index (κ1) is 21.9. The van der Waals surface area contributed by atoms with Gasteiger partial charge in [0, 0.05) is 36.4 Å². The highest BCUT2D eigenvalue weighted by Gasteiger charge is 2.35. The number of nitrogens with one attached hydrogen (secondary N) is 1. The molecule has 0 unspecified atom stereocenters. The molecule has 2 bridgehead atoms. The van der Waals surface area contributed by atoms with Gasteiger partial charge in [0.1, 0.15) is 11.4 Å². The summed E-state index contributed by atoms with van der Waals surface area (Å²) in [6, 6.07) is 16.1. The first-order valence-corrected chi connectivity index (χ1v) is 12.1. The Morgan fingerprint density at radius 3 is 2.61 bits per heavy atom. The molecule has 0 saturated carbocycles. The van der Waals surface area contributed by atoms with E-state index in [4.69, 9.17) is 4.42 Å². The molecule has 0 spiro atoms. The van der Waals surface area contributed by atoms with E-state index in [9.17, 15) is 9.59 Å². The van der Waals surface area contributed by atoms with Crippen molar-refractivity contribution in [2.45, 2.75) is 45.6 Å². The second-order valence-corrected chi connectivity index (χ2v) is 10.1. The Balaban J connectivity index is 1.37. The Labute approximate surface area is 195 Å². The molecule has 5 heteroatoms. The average Bonchev–Trinajstić information content (AvgIpc) is 3.24. The van der Waals surface area contributed by atoms with Crippen LogP contribution >= 0.6 is 0 Å². The Morgan fingerprint density at radius 2 is 1.88 bits per heavy atom. The SMILES string of the molecule is CC(C)CC(=O)Cc1cccc(-c2cccc3cc(C(=O)N[C@H]4CN5CCC4CC5)oc23)c1. The van der Waals surface area contributed by atoms with Gasteiger partial charge in [0.05, 0.1) is 0 Å². The lowest BCUT2D eigenvalue weighted by atomic mass is 9.84. The highest BCUT2D eigenvalue weighted by Crippen LogP contribution is 2.32. The quantitative estimate of drug-likeness (QED) is 0.552. The lowest BCUT2D eigenvalue weighted by Crippen LogP contribution is -2.57. The van der Waals surface area contributed by atoms with E-state index >= 15 is 0 Å². The summed E-state index contributed by atoms with van der Waals surface area (Å²) >= 11 is 0.